The molecule has 0 heterocycles. The maximum absolute atomic E-state index is 11.3. The van der Waals surface area contributed by atoms with E-state index in [1.54, 1.807) is 12.1 Å². The van der Waals surface area contributed by atoms with Crippen molar-refractivity contribution in [3.63, 3.8) is 0 Å². The minimum atomic E-state index is -0.908. The Morgan fingerprint density at radius 1 is 1.40 bits per heavy atom. The number of hydrogen-bond acceptors (Lipinski definition) is 3. The van der Waals surface area contributed by atoms with E-state index >= 15 is 0 Å². The van der Waals surface area contributed by atoms with Gasteiger partial charge in [0.15, 0.2) is 0 Å². The Bertz CT molecular complexity index is 313. The molecule has 1 rings (SSSR count). The molecule has 0 aromatic heterocycles. The average Bonchev–Trinajstić information content (AvgIpc) is 2.26. The molecule has 4 heteroatoms. The Balaban J connectivity index is 2.80. The Labute approximate surface area is 88.8 Å². The lowest BCUT2D eigenvalue weighted by molar-refractivity contribution is -0.117. The maximum atomic E-state index is 11.3. The van der Waals surface area contributed by atoms with E-state index in [9.17, 15) is 9.90 Å². The van der Waals surface area contributed by atoms with Crippen molar-refractivity contribution in [2.45, 2.75) is 13.0 Å². The number of nitrogens with zero attached hydrogens (tertiary/aromatic N) is 1. The highest BCUT2D eigenvalue weighted by atomic mass is 16.3. The number of amides is 1. The molecule has 2 N–H and O–H groups in total. The highest BCUT2D eigenvalue weighted by Gasteiger charge is 2.14. The number of benzene rings is 1. The van der Waals surface area contributed by atoms with E-state index in [-0.39, 0.29) is 19.1 Å². The molecule has 0 aliphatic carbocycles. The summed E-state index contributed by atoms with van der Waals surface area (Å²) in [6.45, 7) is 1.18. The molecular weight excluding hydrogens is 194 g/mol. The zero-order chi connectivity index (χ0) is 11.3. The third-order valence-corrected chi connectivity index (χ3v) is 2.05. The number of carbonyl (C=O) groups is 1. The van der Waals surface area contributed by atoms with Gasteiger partial charge in [0.05, 0.1) is 19.3 Å². The molecule has 1 amide bonds. The van der Waals surface area contributed by atoms with Crippen molar-refractivity contribution in [3.8, 4) is 0 Å². The van der Waals surface area contributed by atoms with Crippen molar-refractivity contribution in [2.24, 2.45) is 0 Å². The van der Waals surface area contributed by atoms with Gasteiger partial charge in [-0.25, -0.2) is 0 Å². The van der Waals surface area contributed by atoms with E-state index in [0.717, 1.165) is 5.69 Å². The number of rotatable bonds is 4. The van der Waals surface area contributed by atoms with Gasteiger partial charge in [0.2, 0.25) is 5.91 Å². The van der Waals surface area contributed by atoms with E-state index in [4.69, 9.17) is 5.11 Å². The van der Waals surface area contributed by atoms with Crippen LogP contribution >= 0.6 is 0 Å². The molecule has 0 aliphatic rings. The molecule has 0 fully saturated rings. The Morgan fingerprint density at radius 3 is 2.47 bits per heavy atom. The third-order valence-electron chi connectivity index (χ3n) is 2.05. The predicted molar refractivity (Wildman–Crippen MR) is 57.6 cm³/mol. The van der Waals surface area contributed by atoms with Gasteiger partial charge in [0.25, 0.3) is 0 Å². The molecule has 1 aromatic carbocycles. The van der Waals surface area contributed by atoms with E-state index < -0.39 is 6.10 Å². The second-order valence-electron chi connectivity index (χ2n) is 3.30. The zero-order valence-corrected chi connectivity index (χ0v) is 8.63. The van der Waals surface area contributed by atoms with Crippen LogP contribution < -0.4 is 4.90 Å². The fraction of sp³-hybridized carbons (Fsp3) is 0.364. The number of para-hydroxylation sites is 1. The van der Waals surface area contributed by atoms with Crippen molar-refractivity contribution in [2.75, 3.05) is 18.1 Å². The number of hydrogen-bond donors (Lipinski definition) is 2. The molecule has 1 atom stereocenters. The summed E-state index contributed by atoms with van der Waals surface area (Å²) in [5.41, 5.74) is 0.720. The molecular formula is C11H15NO3. The molecule has 0 saturated carbocycles. The van der Waals surface area contributed by atoms with Gasteiger partial charge in [0, 0.05) is 12.6 Å². The fourth-order valence-electron chi connectivity index (χ4n) is 1.29. The molecule has 15 heavy (non-hydrogen) atoms. The number of carbonyl (C=O) groups excluding carboxylic acids is 1. The minimum absolute atomic E-state index is 0.107. The van der Waals surface area contributed by atoms with Crippen LogP contribution in [0.3, 0.4) is 0 Å². The summed E-state index contributed by atoms with van der Waals surface area (Å²) in [6, 6.07) is 9.05. The summed E-state index contributed by atoms with van der Waals surface area (Å²) >= 11 is 0. The van der Waals surface area contributed by atoms with Crippen molar-refractivity contribution in [1.29, 1.82) is 0 Å². The van der Waals surface area contributed by atoms with Crippen molar-refractivity contribution >= 4 is 11.6 Å². The summed E-state index contributed by atoms with van der Waals surface area (Å²) in [4.78, 5) is 12.8. The monoisotopic (exact) mass is 209 g/mol. The van der Waals surface area contributed by atoms with Crippen LogP contribution in [0, 0.1) is 0 Å². The first-order valence-corrected chi connectivity index (χ1v) is 4.77. The van der Waals surface area contributed by atoms with Gasteiger partial charge in [0.1, 0.15) is 0 Å². The quantitative estimate of drug-likeness (QED) is 0.754. The molecule has 1 unspecified atom stereocenters. The summed E-state index contributed by atoms with van der Waals surface area (Å²) in [6.07, 6.45) is -0.908. The van der Waals surface area contributed by atoms with Crippen molar-refractivity contribution in [1.82, 2.24) is 0 Å². The van der Waals surface area contributed by atoms with Crippen LogP contribution in [0.4, 0.5) is 5.69 Å². The van der Waals surface area contributed by atoms with Crippen LogP contribution in [0.15, 0.2) is 30.3 Å². The molecule has 0 spiro atoms. The van der Waals surface area contributed by atoms with Crippen LogP contribution in [0.25, 0.3) is 0 Å². The Hall–Kier alpha value is -1.39. The zero-order valence-electron chi connectivity index (χ0n) is 8.63. The minimum Gasteiger partial charge on any atom is -0.394 e. The fourth-order valence-corrected chi connectivity index (χ4v) is 1.29. The second kappa shape index (κ2) is 5.48. The lowest BCUT2D eigenvalue weighted by Gasteiger charge is -2.23. The molecule has 1 aromatic rings. The first-order chi connectivity index (χ1) is 7.15. The molecule has 0 radical (unpaired) electrons. The number of anilines is 1. The van der Waals surface area contributed by atoms with E-state index in [0.29, 0.717) is 0 Å². The molecule has 82 valence electrons. The SMILES string of the molecule is CC(=O)N(CC(O)CO)c1ccccc1. The van der Waals surface area contributed by atoms with Crippen LogP contribution in [0.1, 0.15) is 6.92 Å². The number of aliphatic hydroxyl groups excluding tert-OH is 2. The van der Waals surface area contributed by atoms with Crippen LogP contribution in [-0.2, 0) is 4.79 Å². The largest absolute Gasteiger partial charge is 0.394 e. The summed E-state index contributed by atoms with van der Waals surface area (Å²) < 4.78 is 0. The normalized spacial score (nSPS) is 12.2. The lowest BCUT2D eigenvalue weighted by Crippen LogP contribution is -2.37. The molecule has 0 saturated heterocycles. The van der Waals surface area contributed by atoms with Crippen molar-refractivity contribution < 1.29 is 15.0 Å². The van der Waals surface area contributed by atoms with Crippen molar-refractivity contribution in [3.05, 3.63) is 30.3 Å². The van der Waals surface area contributed by atoms with Crippen LogP contribution in [-0.4, -0.2) is 35.4 Å². The Morgan fingerprint density at radius 2 is 2.00 bits per heavy atom. The smallest absolute Gasteiger partial charge is 0.223 e. The first kappa shape index (κ1) is 11.7. The molecule has 4 nitrogen and oxygen atoms in total. The average molecular weight is 209 g/mol. The van der Waals surface area contributed by atoms with Gasteiger partial charge in [-0.15, -0.1) is 0 Å². The second-order valence-corrected chi connectivity index (χ2v) is 3.30. The van der Waals surface area contributed by atoms with Gasteiger partial charge in [-0.05, 0) is 12.1 Å². The maximum Gasteiger partial charge on any atom is 0.223 e. The van der Waals surface area contributed by atoms with E-state index in [1.165, 1.54) is 11.8 Å². The van der Waals surface area contributed by atoms with Gasteiger partial charge >= 0.3 is 0 Å². The predicted octanol–water partition coefficient (Wildman–Crippen LogP) is 0.393. The summed E-state index contributed by atoms with van der Waals surface area (Å²) in [5.74, 6) is -0.159. The van der Waals surface area contributed by atoms with Crippen LogP contribution in [0.2, 0.25) is 0 Å². The third kappa shape index (κ3) is 3.34. The Kier molecular flexibility index (Phi) is 4.27. The summed E-state index contributed by atoms with van der Waals surface area (Å²) in [7, 11) is 0. The number of aliphatic hydroxyl groups is 2. The first-order valence-electron chi connectivity index (χ1n) is 4.77. The van der Waals surface area contributed by atoms with E-state index in [1.807, 2.05) is 18.2 Å². The van der Waals surface area contributed by atoms with Gasteiger partial charge < -0.3 is 15.1 Å². The highest BCUT2D eigenvalue weighted by molar-refractivity contribution is 5.91. The van der Waals surface area contributed by atoms with Gasteiger partial charge in [-0.3, -0.25) is 4.79 Å². The van der Waals surface area contributed by atoms with E-state index in [2.05, 4.69) is 0 Å². The highest BCUT2D eigenvalue weighted by Crippen LogP contribution is 2.13. The van der Waals surface area contributed by atoms with Gasteiger partial charge in [-0.2, -0.15) is 0 Å². The standard InChI is InChI=1S/C11H15NO3/c1-9(14)12(7-11(15)8-13)10-5-3-2-4-6-10/h2-6,11,13,15H,7-8H2,1H3. The van der Waals surface area contributed by atoms with Gasteiger partial charge in [-0.1, -0.05) is 18.2 Å². The topological polar surface area (TPSA) is 60.8 Å². The molecule has 0 bridgehead atoms. The lowest BCUT2D eigenvalue weighted by atomic mass is 10.2. The summed E-state index contributed by atoms with van der Waals surface area (Å²) in [5, 5.41) is 18.0. The van der Waals surface area contributed by atoms with Crippen LogP contribution in [0.5, 0.6) is 0 Å². The molecule has 0 aliphatic heterocycles.